The molecule has 2 unspecified atom stereocenters. The Balaban J connectivity index is 1.98. The summed E-state index contributed by atoms with van der Waals surface area (Å²) < 4.78 is 0. The third-order valence-electron chi connectivity index (χ3n) is 4.28. The number of non-ortho nitro benzene ring substituents is 1. The Bertz CT molecular complexity index is 476. The van der Waals surface area contributed by atoms with Gasteiger partial charge in [0.25, 0.3) is 5.69 Å². The molecule has 1 aliphatic carbocycles. The van der Waals surface area contributed by atoms with Gasteiger partial charge in [0.1, 0.15) is 0 Å². The molecule has 5 nitrogen and oxygen atoms in total. The normalized spacial score (nSPS) is 22.5. The molecule has 0 radical (unpaired) electrons. The number of aliphatic hydroxyl groups is 1. The second kappa shape index (κ2) is 6.70. The number of nitro benzene ring substituents is 1. The van der Waals surface area contributed by atoms with Crippen LogP contribution in [0.2, 0.25) is 0 Å². The Morgan fingerprint density at radius 3 is 2.65 bits per heavy atom. The number of aryl methyl sites for hydroxylation is 1. The van der Waals surface area contributed by atoms with Gasteiger partial charge in [-0.25, -0.2) is 0 Å². The first-order chi connectivity index (χ1) is 9.61. The Hall–Kier alpha value is -1.62. The number of nitrogens with one attached hydrogen (secondary N) is 1. The van der Waals surface area contributed by atoms with Crippen LogP contribution in [0.4, 0.5) is 11.4 Å². The lowest BCUT2D eigenvalue weighted by Crippen LogP contribution is -2.28. The number of hydrogen-bond acceptors (Lipinski definition) is 4. The molecule has 1 aromatic rings. The average molecular weight is 278 g/mol. The van der Waals surface area contributed by atoms with Gasteiger partial charge in [0.2, 0.25) is 0 Å². The second-order valence-electron chi connectivity index (χ2n) is 5.62. The van der Waals surface area contributed by atoms with Crippen LogP contribution in [0.25, 0.3) is 0 Å². The van der Waals surface area contributed by atoms with Crippen LogP contribution in [0, 0.1) is 28.9 Å². The number of benzene rings is 1. The number of nitrogens with zero attached hydrogens (tertiary/aromatic N) is 1. The van der Waals surface area contributed by atoms with Gasteiger partial charge in [0.05, 0.1) is 4.92 Å². The summed E-state index contributed by atoms with van der Waals surface area (Å²) in [5.74, 6) is 0.873. The maximum atomic E-state index is 10.7. The molecule has 0 aliphatic heterocycles. The van der Waals surface area contributed by atoms with E-state index in [0.29, 0.717) is 11.8 Å². The predicted octanol–water partition coefficient (Wildman–Crippen LogP) is 3.11. The first-order valence-corrected chi connectivity index (χ1v) is 7.21. The van der Waals surface area contributed by atoms with E-state index < -0.39 is 0 Å². The molecule has 5 heteroatoms. The van der Waals surface area contributed by atoms with Crippen LogP contribution in [0.1, 0.15) is 31.2 Å². The molecule has 0 bridgehead atoms. The van der Waals surface area contributed by atoms with Gasteiger partial charge in [0.15, 0.2) is 0 Å². The molecule has 2 N–H and O–H groups in total. The zero-order chi connectivity index (χ0) is 14.5. The lowest BCUT2D eigenvalue weighted by atomic mass is 9.79. The van der Waals surface area contributed by atoms with E-state index in [1.54, 1.807) is 12.1 Å². The van der Waals surface area contributed by atoms with Crippen molar-refractivity contribution in [2.24, 2.45) is 11.8 Å². The van der Waals surface area contributed by atoms with E-state index in [1.165, 1.54) is 18.9 Å². The summed E-state index contributed by atoms with van der Waals surface area (Å²) in [6.07, 6.45) is 4.67. The maximum absolute atomic E-state index is 10.7. The van der Waals surface area contributed by atoms with E-state index in [9.17, 15) is 15.2 Å². The lowest BCUT2D eigenvalue weighted by Gasteiger charge is -2.30. The summed E-state index contributed by atoms with van der Waals surface area (Å²) in [4.78, 5) is 10.3. The smallest absolute Gasteiger partial charge is 0.269 e. The van der Waals surface area contributed by atoms with Gasteiger partial charge in [-0.1, -0.05) is 12.8 Å². The molecule has 0 aromatic heterocycles. The highest BCUT2D eigenvalue weighted by atomic mass is 16.6. The van der Waals surface area contributed by atoms with Crippen molar-refractivity contribution in [3.05, 3.63) is 33.9 Å². The molecule has 1 aliphatic rings. The van der Waals surface area contributed by atoms with Crippen LogP contribution in [-0.4, -0.2) is 23.2 Å². The Morgan fingerprint density at radius 1 is 1.35 bits per heavy atom. The van der Waals surface area contributed by atoms with Crippen LogP contribution in [0.3, 0.4) is 0 Å². The Morgan fingerprint density at radius 2 is 2.05 bits per heavy atom. The molecule has 2 rings (SSSR count). The van der Waals surface area contributed by atoms with Gasteiger partial charge >= 0.3 is 0 Å². The minimum Gasteiger partial charge on any atom is -0.396 e. The van der Waals surface area contributed by atoms with Crippen molar-refractivity contribution in [2.75, 3.05) is 18.5 Å². The molecular weight excluding hydrogens is 256 g/mol. The fraction of sp³-hybridized carbons (Fsp3) is 0.600. The third kappa shape index (κ3) is 3.48. The Labute approximate surface area is 119 Å². The first-order valence-electron chi connectivity index (χ1n) is 7.21. The molecule has 0 amide bonds. The SMILES string of the molecule is Cc1cc([N+](=O)[O-])ccc1NCC1CCCCC1CO. The maximum Gasteiger partial charge on any atom is 0.269 e. The van der Waals surface area contributed by atoms with E-state index in [-0.39, 0.29) is 17.2 Å². The van der Waals surface area contributed by atoms with Crippen LogP contribution in [0.15, 0.2) is 18.2 Å². The van der Waals surface area contributed by atoms with Crippen molar-refractivity contribution in [1.29, 1.82) is 0 Å². The fourth-order valence-electron chi connectivity index (χ4n) is 2.99. The van der Waals surface area contributed by atoms with Crippen molar-refractivity contribution >= 4 is 11.4 Å². The largest absolute Gasteiger partial charge is 0.396 e. The van der Waals surface area contributed by atoms with Crippen molar-refractivity contribution in [1.82, 2.24) is 0 Å². The van der Waals surface area contributed by atoms with Gasteiger partial charge in [0, 0.05) is 31.0 Å². The standard InChI is InChI=1S/C15H22N2O3/c1-11-8-14(17(19)20)6-7-15(11)16-9-12-4-2-3-5-13(12)10-18/h6-8,12-13,16,18H,2-5,9-10H2,1H3. The van der Waals surface area contributed by atoms with Crippen molar-refractivity contribution in [3.63, 3.8) is 0 Å². The van der Waals surface area contributed by atoms with Gasteiger partial charge in [-0.2, -0.15) is 0 Å². The van der Waals surface area contributed by atoms with Crippen LogP contribution in [0.5, 0.6) is 0 Å². The minimum absolute atomic E-state index is 0.124. The molecule has 1 fully saturated rings. The summed E-state index contributed by atoms with van der Waals surface area (Å²) in [6.45, 7) is 2.95. The van der Waals surface area contributed by atoms with E-state index in [2.05, 4.69) is 5.32 Å². The van der Waals surface area contributed by atoms with E-state index in [4.69, 9.17) is 0 Å². The molecule has 0 spiro atoms. The molecule has 2 atom stereocenters. The topological polar surface area (TPSA) is 75.4 Å². The van der Waals surface area contributed by atoms with Crippen molar-refractivity contribution in [3.8, 4) is 0 Å². The summed E-state index contributed by atoms with van der Waals surface area (Å²) in [7, 11) is 0. The van der Waals surface area contributed by atoms with E-state index >= 15 is 0 Å². The highest BCUT2D eigenvalue weighted by molar-refractivity contribution is 5.55. The van der Waals surface area contributed by atoms with Gasteiger partial charge in [-0.05, 0) is 43.2 Å². The zero-order valence-corrected chi connectivity index (χ0v) is 11.8. The highest BCUT2D eigenvalue weighted by Crippen LogP contribution is 2.30. The predicted molar refractivity (Wildman–Crippen MR) is 78.9 cm³/mol. The molecular formula is C15H22N2O3. The zero-order valence-electron chi connectivity index (χ0n) is 11.8. The van der Waals surface area contributed by atoms with Crippen LogP contribution >= 0.6 is 0 Å². The summed E-state index contributed by atoms with van der Waals surface area (Å²) in [5, 5.41) is 23.5. The number of aliphatic hydroxyl groups excluding tert-OH is 1. The summed E-state index contributed by atoms with van der Waals surface area (Å²) >= 11 is 0. The Kier molecular flexibility index (Phi) is 4.95. The molecule has 1 aromatic carbocycles. The second-order valence-corrected chi connectivity index (χ2v) is 5.62. The first kappa shape index (κ1) is 14.8. The minimum atomic E-state index is -0.375. The van der Waals surface area contributed by atoms with Crippen LogP contribution in [-0.2, 0) is 0 Å². The van der Waals surface area contributed by atoms with Crippen LogP contribution < -0.4 is 5.32 Å². The summed E-state index contributed by atoms with van der Waals surface area (Å²) in [6, 6.07) is 4.89. The van der Waals surface area contributed by atoms with Gasteiger partial charge in [-0.15, -0.1) is 0 Å². The number of nitro groups is 1. The average Bonchev–Trinajstić information content (AvgIpc) is 2.46. The van der Waals surface area contributed by atoms with Gasteiger partial charge < -0.3 is 10.4 Å². The number of hydrogen-bond donors (Lipinski definition) is 2. The monoisotopic (exact) mass is 278 g/mol. The quantitative estimate of drug-likeness (QED) is 0.641. The molecule has 0 saturated heterocycles. The highest BCUT2D eigenvalue weighted by Gasteiger charge is 2.24. The fourth-order valence-corrected chi connectivity index (χ4v) is 2.99. The number of anilines is 1. The van der Waals surface area contributed by atoms with Gasteiger partial charge in [-0.3, -0.25) is 10.1 Å². The van der Waals surface area contributed by atoms with E-state index in [1.807, 2.05) is 6.92 Å². The number of rotatable bonds is 5. The van der Waals surface area contributed by atoms with E-state index in [0.717, 1.165) is 30.6 Å². The molecule has 1 saturated carbocycles. The molecule has 110 valence electrons. The lowest BCUT2D eigenvalue weighted by molar-refractivity contribution is -0.384. The van der Waals surface area contributed by atoms with Crippen molar-refractivity contribution < 1.29 is 10.0 Å². The molecule has 0 heterocycles. The third-order valence-corrected chi connectivity index (χ3v) is 4.28. The molecule has 20 heavy (non-hydrogen) atoms. The van der Waals surface area contributed by atoms with Crippen molar-refractivity contribution in [2.45, 2.75) is 32.6 Å². The summed E-state index contributed by atoms with van der Waals surface area (Å²) in [5.41, 5.74) is 1.95.